The number of benzene rings is 1. The molecule has 4 heterocycles. The van der Waals surface area contributed by atoms with Gasteiger partial charge in [-0.3, -0.25) is 10.00 Å². The van der Waals surface area contributed by atoms with Crippen molar-refractivity contribution in [2.45, 2.75) is 32.5 Å². The van der Waals surface area contributed by atoms with E-state index in [0.717, 1.165) is 18.6 Å². The average molecular weight is 441 g/mol. The molecule has 0 saturated carbocycles. The monoisotopic (exact) mass is 441 g/mol. The van der Waals surface area contributed by atoms with Crippen LogP contribution in [0.2, 0.25) is 0 Å². The molecule has 11 heteroatoms. The largest absolute Gasteiger partial charge is 0.614 e. The van der Waals surface area contributed by atoms with Crippen molar-refractivity contribution >= 4 is 17.5 Å². The molecule has 5 rings (SSSR count). The van der Waals surface area contributed by atoms with Gasteiger partial charge in [-0.1, -0.05) is 25.5 Å². The van der Waals surface area contributed by atoms with Gasteiger partial charge in [0, 0.05) is 6.20 Å². The Balaban J connectivity index is 1.46. The molecule has 0 aliphatic carbocycles. The molecule has 2 aromatic heterocycles. The van der Waals surface area contributed by atoms with Crippen LogP contribution in [0.5, 0.6) is 0 Å². The van der Waals surface area contributed by atoms with Gasteiger partial charge in [-0.25, -0.2) is 14.6 Å². The van der Waals surface area contributed by atoms with Gasteiger partial charge in [0.15, 0.2) is 5.82 Å². The highest BCUT2D eigenvalue weighted by Gasteiger charge is 2.43. The molecule has 0 bridgehead atoms. The number of halogens is 3. The van der Waals surface area contributed by atoms with Gasteiger partial charge < -0.3 is 5.21 Å². The Bertz CT molecular complexity index is 1260. The number of fused-ring (bicyclic) bond motifs is 3. The van der Waals surface area contributed by atoms with Crippen LogP contribution in [-0.2, 0) is 19.1 Å². The number of quaternary nitrogens is 1. The minimum Gasteiger partial charge on any atom is -0.614 e. The summed E-state index contributed by atoms with van der Waals surface area (Å²) in [6, 6.07) is 5.13. The van der Waals surface area contributed by atoms with Crippen molar-refractivity contribution in [3.63, 3.8) is 0 Å². The molecule has 32 heavy (non-hydrogen) atoms. The van der Waals surface area contributed by atoms with Gasteiger partial charge in [0.1, 0.15) is 11.9 Å². The third-order valence-corrected chi connectivity index (χ3v) is 5.28. The second kappa shape index (κ2) is 7.24. The van der Waals surface area contributed by atoms with E-state index in [-0.39, 0.29) is 12.5 Å². The van der Waals surface area contributed by atoms with E-state index in [1.807, 2.05) is 6.92 Å². The summed E-state index contributed by atoms with van der Waals surface area (Å²) in [6.45, 7) is 2.16. The molecule has 2 aliphatic heterocycles. The van der Waals surface area contributed by atoms with Crippen LogP contribution in [-0.4, -0.2) is 25.7 Å². The predicted octanol–water partition coefficient (Wildman–Crippen LogP) is 4.43. The molecule has 1 N–H and O–H groups in total. The molecule has 8 nitrogen and oxygen atoms in total. The summed E-state index contributed by atoms with van der Waals surface area (Å²) < 4.78 is 39.6. The first-order chi connectivity index (χ1) is 15.3. The van der Waals surface area contributed by atoms with Crippen LogP contribution in [0.1, 0.15) is 30.2 Å². The first-order valence-corrected chi connectivity index (χ1v) is 10.0. The lowest BCUT2D eigenvalue weighted by molar-refractivity contribution is -0.137. The van der Waals surface area contributed by atoms with Crippen LogP contribution in [0.15, 0.2) is 54.1 Å². The number of nitrogens with zero attached hydrogens (tertiary/aromatic N) is 6. The number of aromatic nitrogens is 4. The Morgan fingerprint density at radius 3 is 2.84 bits per heavy atom. The number of nitrogens with one attached hydrogen (secondary N) is 1. The number of aryl methyl sites for hydroxylation is 1. The normalized spacial score (nSPS) is 19.0. The number of hydrogen-bond donors (Lipinski definition) is 1. The number of anilines is 1. The van der Waals surface area contributed by atoms with Crippen molar-refractivity contribution in [3.05, 3.63) is 71.1 Å². The Labute approximate surface area is 180 Å². The topological polar surface area (TPSA) is 91.0 Å². The third kappa shape index (κ3) is 3.35. The van der Waals surface area contributed by atoms with Gasteiger partial charge in [0.05, 0.1) is 30.1 Å². The smallest absolute Gasteiger partial charge is 0.416 e. The Kier molecular flexibility index (Phi) is 4.60. The van der Waals surface area contributed by atoms with Crippen molar-refractivity contribution in [3.8, 4) is 11.4 Å². The maximum absolute atomic E-state index is 13.2. The quantitative estimate of drug-likeness (QED) is 0.467. The Hall–Kier alpha value is -3.57. The van der Waals surface area contributed by atoms with Crippen LogP contribution in [0, 0.1) is 5.21 Å². The van der Waals surface area contributed by atoms with Gasteiger partial charge >= 0.3 is 12.1 Å². The van der Waals surface area contributed by atoms with E-state index in [4.69, 9.17) is 0 Å². The van der Waals surface area contributed by atoms with Crippen molar-refractivity contribution in [2.24, 2.45) is 4.99 Å². The van der Waals surface area contributed by atoms with E-state index in [2.05, 4.69) is 25.4 Å². The lowest BCUT2D eigenvalue weighted by atomic mass is 10.1. The molecule has 1 atom stereocenters. The zero-order valence-electron chi connectivity index (χ0n) is 17.0. The zero-order valence-corrected chi connectivity index (χ0v) is 17.0. The van der Waals surface area contributed by atoms with E-state index in [9.17, 15) is 18.4 Å². The zero-order chi connectivity index (χ0) is 22.5. The summed E-state index contributed by atoms with van der Waals surface area (Å²) in [5, 5.41) is 20.4. The molecule has 1 aromatic carbocycles. The fraction of sp³-hybridized carbons (Fsp3) is 0.238. The van der Waals surface area contributed by atoms with Crippen molar-refractivity contribution in [1.82, 2.24) is 24.4 Å². The van der Waals surface area contributed by atoms with Crippen LogP contribution in [0.4, 0.5) is 24.7 Å². The minimum atomic E-state index is -4.40. The fourth-order valence-electron chi connectivity index (χ4n) is 3.83. The minimum absolute atomic E-state index is 0.164. The molecule has 0 saturated heterocycles. The van der Waals surface area contributed by atoms with Crippen LogP contribution < -0.4 is 9.96 Å². The van der Waals surface area contributed by atoms with Crippen molar-refractivity contribution in [1.29, 1.82) is 0 Å². The van der Waals surface area contributed by atoms with Crippen molar-refractivity contribution < 1.29 is 13.2 Å². The number of aliphatic imine (C=N–C) groups is 1. The summed E-state index contributed by atoms with van der Waals surface area (Å²) in [7, 11) is 0. The summed E-state index contributed by atoms with van der Waals surface area (Å²) in [5.41, 5.74) is 1.42. The predicted molar refractivity (Wildman–Crippen MR) is 113 cm³/mol. The lowest BCUT2D eigenvalue weighted by Gasteiger charge is -2.29. The van der Waals surface area contributed by atoms with E-state index in [1.165, 1.54) is 23.1 Å². The molecule has 0 fully saturated rings. The van der Waals surface area contributed by atoms with Gasteiger partial charge in [0.2, 0.25) is 11.5 Å². The van der Waals surface area contributed by atoms with E-state index < -0.39 is 16.4 Å². The number of rotatable bonds is 5. The molecular formula is C21H18F3N7O. The summed E-state index contributed by atoms with van der Waals surface area (Å²) in [4.78, 5) is 13.2. The summed E-state index contributed by atoms with van der Waals surface area (Å²) in [5.74, 6) is 1.01. The Morgan fingerprint density at radius 1 is 1.22 bits per heavy atom. The van der Waals surface area contributed by atoms with Gasteiger partial charge in [-0.15, -0.1) is 0 Å². The van der Waals surface area contributed by atoms with E-state index in [1.54, 1.807) is 18.5 Å². The molecule has 3 aromatic rings. The molecular weight excluding hydrogens is 423 g/mol. The van der Waals surface area contributed by atoms with Gasteiger partial charge in [-0.2, -0.15) is 23.3 Å². The van der Waals surface area contributed by atoms with Crippen molar-refractivity contribution in [2.75, 3.05) is 5.32 Å². The highest BCUT2D eigenvalue weighted by atomic mass is 19.4. The number of hydrogen-bond acceptors (Lipinski definition) is 6. The lowest BCUT2D eigenvalue weighted by Crippen LogP contribution is -2.40. The molecule has 1 unspecified atom stereocenters. The van der Waals surface area contributed by atoms with E-state index in [0.29, 0.717) is 40.6 Å². The maximum atomic E-state index is 13.2. The summed E-state index contributed by atoms with van der Waals surface area (Å²) in [6.07, 6.45) is 3.09. The second-order valence-corrected chi connectivity index (χ2v) is 7.60. The number of alkyl halides is 3. The maximum Gasteiger partial charge on any atom is 0.416 e. The number of hydroxylamine groups is 2. The van der Waals surface area contributed by atoms with E-state index >= 15 is 0 Å². The molecule has 0 amide bonds. The number of guanidine groups is 1. The first-order valence-electron chi connectivity index (χ1n) is 10.0. The highest BCUT2D eigenvalue weighted by Crippen LogP contribution is 2.42. The first kappa shape index (κ1) is 20.3. The summed E-state index contributed by atoms with van der Waals surface area (Å²) >= 11 is 0. The average Bonchev–Trinajstić information content (AvgIpc) is 3.41. The van der Waals surface area contributed by atoms with Gasteiger partial charge in [-0.05, 0) is 24.1 Å². The van der Waals surface area contributed by atoms with Crippen LogP contribution in [0.25, 0.3) is 11.4 Å². The van der Waals surface area contributed by atoms with Gasteiger partial charge in [0.25, 0.3) is 0 Å². The third-order valence-electron chi connectivity index (χ3n) is 5.28. The molecule has 0 radical (unpaired) electrons. The highest BCUT2D eigenvalue weighted by molar-refractivity contribution is 6.13. The van der Waals surface area contributed by atoms with Crippen LogP contribution in [0.3, 0.4) is 0 Å². The SMILES string of the molecule is CCCc1nc(-c2cnn(Cc3cccc(C(F)(F)F)c3)c2)nc2c1[N+]1([O-])C=CN=C1N2. The Morgan fingerprint density at radius 2 is 2.06 bits per heavy atom. The molecule has 2 aliphatic rings. The standard InChI is InChI=1S/C21H18F3N7O/c1-2-4-16-17-19(29-20-25-7-8-31(17,20)32)28-18(27-16)14-10-26-30(12-14)11-13-5-3-6-15(9-13)21(22,23)24/h3,5-10,12H,2,4,11H2,1H3,(H,25,27,28,29). The van der Waals surface area contributed by atoms with Crippen LogP contribution >= 0.6 is 0 Å². The second-order valence-electron chi connectivity index (χ2n) is 7.60. The fourth-order valence-corrected chi connectivity index (χ4v) is 3.83. The molecule has 164 valence electrons. The molecule has 0 spiro atoms.